The maximum atomic E-state index is 12.5. The Morgan fingerprint density at radius 2 is 1.96 bits per heavy atom. The van der Waals surface area contributed by atoms with Crippen LogP contribution in [0.25, 0.3) is 0 Å². The summed E-state index contributed by atoms with van der Waals surface area (Å²) in [6, 6.07) is 2.88. The van der Waals surface area contributed by atoms with Crippen molar-refractivity contribution in [3.8, 4) is 0 Å². The molecule has 1 saturated heterocycles. The minimum atomic E-state index is -4.42. The summed E-state index contributed by atoms with van der Waals surface area (Å²) in [5, 5.41) is 11.7. The maximum Gasteiger partial charge on any atom is 0.416 e. The summed E-state index contributed by atoms with van der Waals surface area (Å²) in [5.74, 6) is -0.551. The Labute approximate surface area is 136 Å². The van der Waals surface area contributed by atoms with E-state index in [0.717, 1.165) is 17.0 Å². The number of hydrogen-bond donors (Lipinski definition) is 2. The van der Waals surface area contributed by atoms with Gasteiger partial charge in [0.05, 0.1) is 24.8 Å². The van der Waals surface area contributed by atoms with Gasteiger partial charge in [-0.05, 0) is 24.6 Å². The smallest absolute Gasteiger partial charge is 0.416 e. The van der Waals surface area contributed by atoms with Gasteiger partial charge in [0.2, 0.25) is 5.91 Å². The molecular formula is C15H17F3N2O4. The van der Waals surface area contributed by atoms with Crippen LogP contribution in [0.4, 0.5) is 18.0 Å². The zero-order valence-electron chi connectivity index (χ0n) is 12.8. The lowest BCUT2D eigenvalue weighted by Gasteiger charge is -2.33. The standard InChI is InChI=1S/C15H17F3N2O4/c1-9(10-2-4-11(5-3-10)15(16,17)18)19-13(21)12-8-24-7-6-20(12)14(22)23/h2-5,9,12H,6-8H2,1H3,(H,19,21)(H,22,23)/t9?,12-/m1/s1. The number of amides is 2. The van der Waals surface area contributed by atoms with Gasteiger partial charge in [-0.3, -0.25) is 9.69 Å². The molecule has 0 bridgehead atoms. The molecule has 2 rings (SSSR count). The highest BCUT2D eigenvalue weighted by atomic mass is 19.4. The first-order chi connectivity index (χ1) is 11.2. The van der Waals surface area contributed by atoms with E-state index in [4.69, 9.17) is 9.84 Å². The predicted octanol–water partition coefficient (Wildman–Crippen LogP) is 2.26. The lowest BCUT2D eigenvalue weighted by molar-refractivity contribution is -0.137. The number of benzene rings is 1. The summed E-state index contributed by atoms with van der Waals surface area (Å²) in [5.41, 5.74) is -0.294. The Morgan fingerprint density at radius 1 is 1.33 bits per heavy atom. The first-order valence-corrected chi connectivity index (χ1v) is 7.25. The third kappa shape index (κ3) is 4.16. The van der Waals surface area contributed by atoms with Crippen LogP contribution in [0.1, 0.15) is 24.1 Å². The molecule has 1 fully saturated rings. The van der Waals surface area contributed by atoms with Gasteiger partial charge >= 0.3 is 12.3 Å². The molecule has 1 aromatic carbocycles. The second kappa shape index (κ2) is 7.08. The highest BCUT2D eigenvalue weighted by Gasteiger charge is 2.34. The van der Waals surface area contributed by atoms with Crippen LogP contribution >= 0.6 is 0 Å². The van der Waals surface area contributed by atoms with Crippen molar-refractivity contribution >= 4 is 12.0 Å². The van der Waals surface area contributed by atoms with Crippen molar-refractivity contribution in [1.82, 2.24) is 10.2 Å². The van der Waals surface area contributed by atoms with E-state index in [0.29, 0.717) is 5.56 Å². The van der Waals surface area contributed by atoms with E-state index in [9.17, 15) is 22.8 Å². The van der Waals surface area contributed by atoms with Crippen LogP contribution < -0.4 is 5.32 Å². The van der Waals surface area contributed by atoms with E-state index in [1.165, 1.54) is 12.1 Å². The van der Waals surface area contributed by atoms with E-state index in [1.54, 1.807) is 6.92 Å². The fourth-order valence-corrected chi connectivity index (χ4v) is 2.40. The molecule has 24 heavy (non-hydrogen) atoms. The van der Waals surface area contributed by atoms with Crippen LogP contribution in [0, 0.1) is 0 Å². The summed E-state index contributed by atoms with van der Waals surface area (Å²) in [7, 11) is 0. The van der Waals surface area contributed by atoms with Crippen LogP contribution in [0.5, 0.6) is 0 Å². The number of hydrogen-bond acceptors (Lipinski definition) is 3. The number of nitrogens with zero attached hydrogens (tertiary/aromatic N) is 1. The Balaban J connectivity index is 2.04. The van der Waals surface area contributed by atoms with Gasteiger partial charge in [-0.15, -0.1) is 0 Å². The average molecular weight is 346 g/mol. The third-order valence-electron chi connectivity index (χ3n) is 3.77. The predicted molar refractivity (Wildman–Crippen MR) is 77.3 cm³/mol. The molecule has 1 heterocycles. The van der Waals surface area contributed by atoms with Gasteiger partial charge in [-0.25, -0.2) is 4.79 Å². The molecule has 0 aliphatic carbocycles. The highest BCUT2D eigenvalue weighted by molar-refractivity contribution is 5.85. The number of carboxylic acid groups (broad SMARTS) is 1. The average Bonchev–Trinajstić information content (AvgIpc) is 2.54. The number of carbonyl (C=O) groups is 2. The minimum absolute atomic E-state index is 0.0577. The fraction of sp³-hybridized carbons (Fsp3) is 0.467. The largest absolute Gasteiger partial charge is 0.465 e. The summed E-state index contributed by atoms with van der Waals surface area (Å²) in [6.45, 7) is 1.85. The molecule has 132 valence electrons. The van der Waals surface area contributed by atoms with E-state index < -0.39 is 35.8 Å². The number of morpholine rings is 1. The normalized spacial score (nSPS) is 19.7. The molecule has 1 unspecified atom stereocenters. The molecule has 6 nitrogen and oxygen atoms in total. The Bertz CT molecular complexity index is 604. The molecule has 0 aromatic heterocycles. The first-order valence-electron chi connectivity index (χ1n) is 7.25. The van der Waals surface area contributed by atoms with E-state index in [2.05, 4.69) is 5.32 Å². The van der Waals surface area contributed by atoms with Gasteiger partial charge in [-0.2, -0.15) is 13.2 Å². The Kier molecular flexibility index (Phi) is 5.33. The van der Waals surface area contributed by atoms with Gasteiger partial charge in [0.15, 0.2) is 0 Å². The van der Waals surface area contributed by atoms with Crippen molar-refractivity contribution in [2.75, 3.05) is 19.8 Å². The van der Waals surface area contributed by atoms with Crippen molar-refractivity contribution in [2.45, 2.75) is 25.2 Å². The lowest BCUT2D eigenvalue weighted by atomic mass is 10.1. The van der Waals surface area contributed by atoms with Crippen molar-refractivity contribution in [2.24, 2.45) is 0 Å². The summed E-state index contributed by atoms with van der Waals surface area (Å²) in [4.78, 5) is 24.4. The van der Waals surface area contributed by atoms with Gasteiger partial charge in [0.25, 0.3) is 0 Å². The van der Waals surface area contributed by atoms with E-state index in [1.807, 2.05) is 0 Å². The molecule has 9 heteroatoms. The molecule has 2 amide bonds. The van der Waals surface area contributed by atoms with Crippen LogP contribution in [-0.4, -0.2) is 47.8 Å². The van der Waals surface area contributed by atoms with E-state index >= 15 is 0 Å². The van der Waals surface area contributed by atoms with Crippen LogP contribution in [0.3, 0.4) is 0 Å². The molecule has 1 aliphatic rings. The van der Waals surface area contributed by atoms with Gasteiger partial charge < -0.3 is 15.2 Å². The second-order valence-electron chi connectivity index (χ2n) is 5.42. The molecule has 2 atom stereocenters. The van der Waals surface area contributed by atoms with Crippen LogP contribution in [-0.2, 0) is 15.7 Å². The second-order valence-corrected chi connectivity index (χ2v) is 5.42. The van der Waals surface area contributed by atoms with Crippen molar-refractivity contribution in [3.05, 3.63) is 35.4 Å². The zero-order valence-corrected chi connectivity index (χ0v) is 12.8. The van der Waals surface area contributed by atoms with Gasteiger partial charge in [-0.1, -0.05) is 12.1 Å². The summed E-state index contributed by atoms with van der Waals surface area (Å²) < 4.78 is 42.8. The number of nitrogens with one attached hydrogen (secondary N) is 1. The third-order valence-corrected chi connectivity index (χ3v) is 3.77. The monoisotopic (exact) mass is 346 g/mol. The first kappa shape index (κ1) is 18.1. The van der Waals surface area contributed by atoms with Gasteiger partial charge in [0.1, 0.15) is 6.04 Å². The van der Waals surface area contributed by atoms with E-state index in [-0.39, 0.29) is 19.8 Å². The summed E-state index contributed by atoms with van der Waals surface area (Å²) in [6.07, 6.45) is -5.65. The van der Waals surface area contributed by atoms with Crippen molar-refractivity contribution < 1.29 is 32.6 Å². The number of ether oxygens (including phenoxy) is 1. The van der Waals surface area contributed by atoms with Crippen molar-refractivity contribution in [3.63, 3.8) is 0 Å². The molecule has 2 N–H and O–H groups in total. The molecule has 0 saturated carbocycles. The van der Waals surface area contributed by atoms with Crippen LogP contribution in [0.15, 0.2) is 24.3 Å². The maximum absolute atomic E-state index is 12.5. The summed E-state index contributed by atoms with van der Waals surface area (Å²) >= 11 is 0. The number of halogens is 3. The zero-order chi connectivity index (χ0) is 17.9. The number of rotatable bonds is 3. The Hall–Kier alpha value is -2.29. The molecule has 0 spiro atoms. The van der Waals surface area contributed by atoms with Crippen molar-refractivity contribution in [1.29, 1.82) is 0 Å². The molecule has 1 aliphatic heterocycles. The molecule has 1 aromatic rings. The SMILES string of the molecule is CC(NC(=O)[C@H]1COCCN1C(=O)O)c1ccc(C(F)(F)F)cc1. The fourth-order valence-electron chi connectivity index (χ4n) is 2.40. The quantitative estimate of drug-likeness (QED) is 0.880. The highest BCUT2D eigenvalue weighted by Crippen LogP contribution is 2.29. The minimum Gasteiger partial charge on any atom is -0.465 e. The van der Waals surface area contributed by atoms with Crippen LogP contribution in [0.2, 0.25) is 0 Å². The number of alkyl halides is 3. The van der Waals surface area contributed by atoms with Gasteiger partial charge in [0, 0.05) is 6.54 Å². The number of carbonyl (C=O) groups excluding carboxylic acids is 1. The Morgan fingerprint density at radius 3 is 2.50 bits per heavy atom. The molecular weight excluding hydrogens is 329 g/mol. The topological polar surface area (TPSA) is 78.9 Å². The lowest BCUT2D eigenvalue weighted by Crippen LogP contribution is -2.55. The molecule has 0 radical (unpaired) electrons.